The van der Waals surface area contributed by atoms with Gasteiger partial charge in [0.1, 0.15) is 0 Å². The maximum Gasteiger partial charge on any atom is 0.0720 e. The van der Waals surface area contributed by atoms with Gasteiger partial charge < -0.3 is 0 Å². The van der Waals surface area contributed by atoms with E-state index < -0.39 is 0 Å². The summed E-state index contributed by atoms with van der Waals surface area (Å²) in [5, 5.41) is 0. The third kappa shape index (κ3) is 1.78. The zero-order valence-corrected chi connectivity index (χ0v) is 12.6. The Morgan fingerprint density at radius 2 is 1.84 bits per heavy atom. The van der Waals surface area contributed by atoms with Crippen molar-refractivity contribution in [3.63, 3.8) is 0 Å². The molecule has 3 rings (SSSR count). The highest BCUT2D eigenvalue weighted by Crippen LogP contribution is 2.64. The molecule has 0 N–H and O–H groups in total. The van der Waals surface area contributed by atoms with Gasteiger partial charge in [-0.15, -0.1) is 0 Å². The van der Waals surface area contributed by atoms with Crippen molar-refractivity contribution >= 4 is 5.71 Å². The van der Waals surface area contributed by atoms with E-state index in [-0.39, 0.29) is 0 Å². The van der Waals surface area contributed by atoms with Crippen LogP contribution in [0.25, 0.3) is 0 Å². The Balaban J connectivity index is 1.90. The molecule has 0 aromatic heterocycles. The SMILES string of the molecule is CC(N=C1C[C@H]2CC[C@]1(C)C2(C)C)c1ccccc1. The van der Waals surface area contributed by atoms with E-state index in [1.54, 1.807) is 0 Å². The monoisotopic (exact) mass is 255 g/mol. The summed E-state index contributed by atoms with van der Waals surface area (Å²) in [5.74, 6) is 0.847. The molecule has 0 saturated heterocycles. The zero-order chi connectivity index (χ0) is 13.7. The summed E-state index contributed by atoms with van der Waals surface area (Å²) in [4.78, 5) is 5.11. The number of rotatable bonds is 2. The molecule has 2 bridgehead atoms. The first-order valence-corrected chi connectivity index (χ1v) is 7.57. The second kappa shape index (κ2) is 4.19. The molecule has 19 heavy (non-hydrogen) atoms. The molecular formula is C18H25N. The standard InChI is InChI=1S/C18H25N/c1-13(14-8-6-5-7-9-14)19-16-12-15-10-11-18(16,4)17(15,2)3/h5-9,13,15H,10-12H2,1-4H3/t13?,15-,18+/m1/s1. The summed E-state index contributed by atoms with van der Waals surface area (Å²) >= 11 is 0. The van der Waals surface area contributed by atoms with Crippen LogP contribution in [0.1, 0.15) is 58.6 Å². The van der Waals surface area contributed by atoms with Gasteiger partial charge >= 0.3 is 0 Å². The molecule has 1 aromatic rings. The average molecular weight is 255 g/mol. The lowest BCUT2D eigenvalue weighted by Crippen LogP contribution is -2.32. The molecule has 1 nitrogen and oxygen atoms in total. The summed E-state index contributed by atoms with van der Waals surface area (Å²) in [5.41, 5.74) is 3.58. The lowest BCUT2D eigenvalue weighted by Gasteiger charge is -2.35. The van der Waals surface area contributed by atoms with Crippen molar-refractivity contribution in [2.24, 2.45) is 21.7 Å². The van der Waals surface area contributed by atoms with Gasteiger partial charge in [0.25, 0.3) is 0 Å². The van der Waals surface area contributed by atoms with Crippen molar-refractivity contribution in [2.45, 2.75) is 53.0 Å². The van der Waals surface area contributed by atoms with Gasteiger partial charge in [-0.3, -0.25) is 4.99 Å². The van der Waals surface area contributed by atoms with Crippen molar-refractivity contribution in [2.75, 3.05) is 0 Å². The fourth-order valence-electron chi connectivity index (χ4n) is 4.16. The Kier molecular flexibility index (Phi) is 2.85. The minimum atomic E-state index is 0.295. The molecule has 0 amide bonds. The number of fused-ring (bicyclic) bond motifs is 2. The molecule has 1 unspecified atom stereocenters. The van der Waals surface area contributed by atoms with Crippen LogP contribution in [0.4, 0.5) is 0 Å². The lowest BCUT2D eigenvalue weighted by molar-refractivity contribution is 0.193. The maximum atomic E-state index is 5.11. The number of aliphatic imine (C=N–C) groups is 1. The summed E-state index contributed by atoms with van der Waals surface area (Å²) in [6.07, 6.45) is 3.94. The van der Waals surface area contributed by atoms with Crippen molar-refractivity contribution in [1.82, 2.24) is 0 Å². The maximum absolute atomic E-state index is 5.11. The van der Waals surface area contributed by atoms with Crippen LogP contribution in [0.3, 0.4) is 0 Å². The van der Waals surface area contributed by atoms with Crippen molar-refractivity contribution in [3.05, 3.63) is 35.9 Å². The average Bonchev–Trinajstić information content (AvgIpc) is 2.73. The van der Waals surface area contributed by atoms with Gasteiger partial charge in [0.15, 0.2) is 0 Å². The Hall–Kier alpha value is -1.11. The number of benzene rings is 1. The van der Waals surface area contributed by atoms with Crippen LogP contribution in [0.2, 0.25) is 0 Å². The molecule has 0 aliphatic heterocycles. The molecule has 1 aromatic carbocycles. The fourth-order valence-corrected chi connectivity index (χ4v) is 4.16. The molecule has 2 aliphatic rings. The second-order valence-corrected chi connectivity index (χ2v) is 7.16. The number of hydrogen-bond acceptors (Lipinski definition) is 1. The first-order chi connectivity index (χ1) is 8.95. The topological polar surface area (TPSA) is 12.4 Å². The Labute approximate surface area is 117 Å². The highest BCUT2D eigenvalue weighted by atomic mass is 14.8. The first kappa shape index (κ1) is 12.9. The molecule has 102 valence electrons. The second-order valence-electron chi connectivity index (χ2n) is 7.16. The normalized spacial score (nSPS) is 35.8. The summed E-state index contributed by atoms with van der Waals surface area (Å²) in [7, 11) is 0. The van der Waals surface area contributed by atoms with E-state index in [2.05, 4.69) is 58.0 Å². The zero-order valence-electron chi connectivity index (χ0n) is 12.6. The summed E-state index contributed by atoms with van der Waals surface area (Å²) in [6, 6.07) is 11.0. The van der Waals surface area contributed by atoms with Gasteiger partial charge in [-0.05, 0) is 43.1 Å². The minimum Gasteiger partial charge on any atom is -0.286 e. The van der Waals surface area contributed by atoms with Crippen LogP contribution >= 0.6 is 0 Å². The number of nitrogens with zero attached hydrogens (tertiary/aromatic N) is 1. The fraction of sp³-hybridized carbons (Fsp3) is 0.611. The predicted octanol–water partition coefficient (Wildman–Crippen LogP) is 5.03. The Morgan fingerprint density at radius 1 is 1.16 bits per heavy atom. The number of hydrogen-bond donors (Lipinski definition) is 0. The molecule has 2 saturated carbocycles. The third-order valence-electron chi connectivity index (χ3n) is 6.14. The molecule has 0 radical (unpaired) electrons. The predicted molar refractivity (Wildman–Crippen MR) is 81.5 cm³/mol. The quantitative estimate of drug-likeness (QED) is 0.702. The van der Waals surface area contributed by atoms with Crippen molar-refractivity contribution in [3.8, 4) is 0 Å². The molecular weight excluding hydrogens is 230 g/mol. The molecule has 0 heterocycles. The molecule has 0 spiro atoms. The van der Waals surface area contributed by atoms with E-state index >= 15 is 0 Å². The Morgan fingerprint density at radius 3 is 2.37 bits per heavy atom. The summed E-state index contributed by atoms with van der Waals surface area (Å²) in [6.45, 7) is 9.56. The largest absolute Gasteiger partial charge is 0.286 e. The van der Waals surface area contributed by atoms with Crippen LogP contribution in [0.5, 0.6) is 0 Å². The van der Waals surface area contributed by atoms with Crippen molar-refractivity contribution < 1.29 is 0 Å². The van der Waals surface area contributed by atoms with Gasteiger partial charge in [-0.25, -0.2) is 0 Å². The van der Waals surface area contributed by atoms with E-state index in [1.165, 1.54) is 30.5 Å². The van der Waals surface area contributed by atoms with Crippen molar-refractivity contribution in [1.29, 1.82) is 0 Å². The van der Waals surface area contributed by atoms with Crippen LogP contribution in [0.15, 0.2) is 35.3 Å². The third-order valence-corrected chi connectivity index (χ3v) is 6.14. The van der Waals surface area contributed by atoms with E-state index in [9.17, 15) is 0 Å². The van der Waals surface area contributed by atoms with E-state index in [1.807, 2.05) is 0 Å². The smallest absolute Gasteiger partial charge is 0.0720 e. The van der Waals surface area contributed by atoms with E-state index in [0.29, 0.717) is 16.9 Å². The lowest BCUT2D eigenvalue weighted by atomic mass is 9.70. The van der Waals surface area contributed by atoms with Gasteiger partial charge in [0.05, 0.1) is 6.04 Å². The van der Waals surface area contributed by atoms with E-state index in [4.69, 9.17) is 4.99 Å². The van der Waals surface area contributed by atoms with Crippen LogP contribution in [0, 0.1) is 16.7 Å². The first-order valence-electron chi connectivity index (χ1n) is 7.57. The molecule has 2 aliphatic carbocycles. The summed E-state index contributed by atoms with van der Waals surface area (Å²) < 4.78 is 0. The molecule has 1 heteroatoms. The molecule has 2 fully saturated rings. The van der Waals surface area contributed by atoms with Gasteiger partial charge in [0.2, 0.25) is 0 Å². The van der Waals surface area contributed by atoms with Gasteiger partial charge in [-0.2, -0.15) is 0 Å². The molecule has 3 atom stereocenters. The van der Waals surface area contributed by atoms with Gasteiger partial charge in [-0.1, -0.05) is 51.1 Å². The Bertz CT molecular complexity index is 500. The highest BCUT2D eigenvalue weighted by Gasteiger charge is 2.59. The van der Waals surface area contributed by atoms with Gasteiger partial charge in [0, 0.05) is 11.1 Å². The minimum absolute atomic E-state index is 0.295. The van der Waals surface area contributed by atoms with Crippen LogP contribution < -0.4 is 0 Å². The van der Waals surface area contributed by atoms with Crippen LogP contribution in [-0.4, -0.2) is 5.71 Å². The van der Waals surface area contributed by atoms with E-state index in [0.717, 1.165) is 5.92 Å². The van der Waals surface area contributed by atoms with Crippen LogP contribution in [-0.2, 0) is 0 Å². The highest BCUT2D eigenvalue weighted by molar-refractivity contribution is 5.94.